The molecule has 0 aliphatic carbocycles. The Morgan fingerprint density at radius 1 is 1.04 bits per heavy atom. The third-order valence-electron chi connectivity index (χ3n) is 3.31. The van der Waals surface area contributed by atoms with Gasteiger partial charge in [-0.15, -0.1) is 0 Å². The van der Waals surface area contributed by atoms with Crippen LogP contribution in [0.1, 0.15) is 10.5 Å². The van der Waals surface area contributed by atoms with Gasteiger partial charge in [0, 0.05) is 5.56 Å². The Kier molecular flexibility index (Phi) is 4.49. The highest BCUT2D eigenvalue weighted by Crippen LogP contribution is 2.22. The lowest BCUT2D eigenvalue weighted by molar-refractivity contribution is 0.0423. The molecular formula is C18H16N2O3. The molecule has 0 fully saturated rings. The highest BCUT2D eigenvalue weighted by Gasteiger charge is 2.18. The number of benzene rings is 2. The Morgan fingerprint density at radius 2 is 1.70 bits per heavy atom. The zero-order valence-corrected chi connectivity index (χ0v) is 12.4. The second-order valence-corrected chi connectivity index (χ2v) is 4.89. The molecule has 0 aliphatic rings. The van der Waals surface area contributed by atoms with E-state index in [1.165, 1.54) is 0 Å². The number of esters is 1. The number of nitrogens with zero attached hydrogens (tertiary/aromatic N) is 2. The molecule has 2 aromatic carbocycles. The summed E-state index contributed by atoms with van der Waals surface area (Å²) in [4.78, 5) is 12.2. The molecule has 3 aromatic rings. The number of aromatic nitrogens is 2. The van der Waals surface area contributed by atoms with Crippen molar-refractivity contribution in [3.05, 3.63) is 72.4 Å². The number of carbonyl (C=O) groups is 1. The molecule has 1 heterocycles. The van der Waals surface area contributed by atoms with Gasteiger partial charge in [0.25, 0.3) is 0 Å². The molecule has 5 nitrogen and oxygen atoms in total. The van der Waals surface area contributed by atoms with Crippen molar-refractivity contribution in [3.8, 4) is 16.9 Å². The molecule has 0 amide bonds. The van der Waals surface area contributed by atoms with E-state index in [1.54, 1.807) is 10.7 Å². The second-order valence-electron chi connectivity index (χ2n) is 4.89. The van der Waals surface area contributed by atoms with E-state index in [2.05, 4.69) is 5.10 Å². The topological polar surface area (TPSA) is 64.3 Å². The Balaban J connectivity index is 2.05. The van der Waals surface area contributed by atoms with Crippen LogP contribution in [0.15, 0.2) is 66.7 Å². The van der Waals surface area contributed by atoms with E-state index in [4.69, 9.17) is 9.84 Å². The van der Waals surface area contributed by atoms with Crippen molar-refractivity contribution in [2.24, 2.45) is 0 Å². The minimum atomic E-state index is -0.516. The van der Waals surface area contributed by atoms with E-state index in [-0.39, 0.29) is 13.2 Å². The van der Waals surface area contributed by atoms with Crippen molar-refractivity contribution in [3.63, 3.8) is 0 Å². The van der Waals surface area contributed by atoms with E-state index in [0.29, 0.717) is 11.4 Å². The highest BCUT2D eigenvalue weighted by molar-refractivity contribution is 5.89. The maximum atomic E-state index is 12.2. The molecule has 5 heteroatoms. The van der Waals surface area contributed by atoms with Crippen LogP contribution in [0, 0.1) is 0 Å². The Bertz CT molecular complexity index is 783. The summed E-state index contributed by atoms with van der Waals surface area (Å²) in [5.41, 5.74) is 2.69. The van der Waals surface area contributed by atoms with E-state index in [0.717, 1.165) is 11.3 Å². The van der Waals surface area contributed by atoms with Gasteiger partial charge in [0.1, 0.15) is 6.61 Å². The SMILES string of the molecule is O=C(OCCO)c1cc(-c2ccccc2)nn1-c1ccccc1. The fourth-order valence-electron chi connectivity index (χ4n) is 2.25. The summed E-state index contributed by atoms with van der Waals surface area (Å²) in [6.45, 7) is -0.254. The molecule has 0 unspecified atom stereocenters. The molecule has 0 spiro atoms. The lowest BCUT2D eigenvalue weighted by Gasteiger charge is -2.06. The van der Waals surface area contributed by atoms with Crippen molar-refractivity contribution < 1.29 is 14.6 Å². The maximum absolute atomic E-state index is 12.2. The molecule has 1 aromatic heterocycles. The van der Waals surface area contributed by atoms with Crippen LogP contribution in [-0.4, -0.2) is 34.1 Å². The van der Waals surface area contributed by atoms with Crippen molar-refractivity contribution in [1.82, 2.24) is 9.78 Å². The Labute approximate surface area is 133 Å². The van der Waals surface area contributed by atoms with Crippen LogP contribution in [0.5, 0.6) is 0 Å². The summed E-state index contributed by atoms with van der Waals surface area (Å²) < 4.78 is 6.60. The molecule has 0 bridgehead atoms. The average Bonchev–Trinajstić information content (AvgIpc) is 3.07. The number of hydrogen-bond donors (Lipinski definition) is 1. The van der Waals surface area contributed by atoms with Gasteiger partial charge in [-0.25, -0.2) is 9.48 Å². The molecule has 0 saturated carbocycles. The van der Waals surface area contributed by atoms with E-state index < -0.39 is 5.97 Å². The summed E-state index contributed by atoms with van der Waals surface area (Å²) in [5, 5.41) is 13.4. The second kappa shape index (κ2) is 6.89. The third-order valence-corrected chi connectivity index (χ3v) is 3.31. The van der Waals surface area contributed by atoms with Crippen LogP contribution in [-0.2, 0) is 4.74 Å². The van der Waals surface area contributed by atoms with Crippen LogP contribution in [0.2, 0.25) is 0 Å². The van der Waals surface area contributed by atoms with Gasteiger partial charge in [0.05, 0.1) is 18.0 Å². The van der Waals surface area contributed by atoms with Crippen LogP contribution in [0.4, 0.5) is 0 Å². The molecule has 0 radical (unpaired) electrons. The van der Waals surface area contributed by atoms with Gasteiger partial charge in [-0.2, -0.15) is 5.10 Å². The van der Waals surface area contributed by atoms with Crippen LogP contribution >= 0.6 is 0 Å². The molecule has 1 N–H and O–H groups in total. The summed E-state index contributed by atoms with van der Waals surface area (Å²) in [5.74, 6) is -0.516. The molecule has 0 atom stereocenters. The fourth-order valence-corrected chi connectivity index (χ4v) is 2.25. The van der Waals surface area contributed by atoms with Crippen molar-refractivity contribution in [1.29, 1.82) is 0 Å². The third kappa shape index (κ3) is 3.30. The highest BCUT2D eigenvalue weighted by atomic mass is 16.5. The van der Waals surface area contributed by atoms with Gasteiger partial charge < -0.3 is 9.84 Å². The minimum Gasteiger partial charge on any atom is -0.459 e. The van der Waals surface area contributed by atoms with Crippen molar-refractivity contribution >= 4 is 5.97 Å². The predicted octanol–water partition coefficient (Wildman–Crippen LogP) is 2.69. The van der Waals surface area contributed by atoms with Crippen LogP contribution < -0.4 is 0 Å². The zero-order valence-electron chi connectivity index (χ0n) is 12.4. The molecule has 116 valence electrons. The van der Waals surface area contributed by atoms with Gasteiger partial charge in [0.15, 0.2) is 5.69 Å². The average molecular weight is 308 g/mol. The molecule has 3 rings (SSSR count). The summed E-state index contributed by atoms with van der Waals surface area (Å²) in [6.07, 6.45) is 0. The Morgan fingerprint density at radius 3 is 2.35 bits per heavy atom. The zero-order chi connectivity index (χ0) is 16.1. The van der Waals surface area contributed by atoms with Gasteiger partial charge in [0.2, 0.25) is 0 Å². The quantitative estimate of drug-likeness (QED) is 0.736. The summed E-state index contributed by atoms with van der Waals surface area (Å²) >= 11 is 0. The van der Waals surface area contributed by atoms with Gasteiger partial charge in [-0.05, 0) is 18.2 Å². The van der Waals surface area contributed by atoms with E-state index in [9.17, 15) is 4.79 Å². The normalized spacial score (nSPS) is 10.5. The van der Waals surface area contributed by atoms with Crippen molar-refractivity contribution in [2.45, 2.75) is 0 Å². The van der Waals surface area contributed by atoms with Crippen molar-refractivity contribution in [2.75, 3.05) is 13.2 Å². The predicted molar refractivity (Wildman–Crippen MR) is 86.4 cm³/mol. The number of para-hydroxylation sites is 1. The Hall–Kier alpha value is -2.92. The molecule has 23 heavy (non-hydrogen) atoms. The standard InChI is InChI=1S/C18H16N2O3/c21-11-12-23-18(22)17-13-16(14-7-3-1-4-8-14)19-20(17)15-9-5-2-6-10-15/h1-10,13,21H,11-12H2. The first-order valence-corrected chi connectivity index (χ1v) is 7.28. The smallest absolute Gasteiger partial charge is 0.357 e. The largest absolute Gasteiger partial charge is 0.459 e. The number of hydrogen-bond acceptors (Lipinski definition) is 4. The number of ether oxygens (including phenoxy) is 1. The minimum absolute atomic E-state index is 0.0422. The maximum Gasteiger partial charge on any atom is 0.357 e. The summed E-state index contributed by atoms with van der Waals surface area (Å²) in [6, 6.07) is 20.7. The first kappa shape index (κ1) is 15.0. The molecule has 0 saturated heterocycles. The van der Waals surface area contributed by atoms with Crippen LogP contribution in [0.3, 0.4) is 0 Å². The number of rotatable bonds is 5. The fraction of sp³-hybridized carbons (Fsp3) is 0.111. The van der Waals surface area contributed by atoms with Crippen LogP contribution in [0.25, 0.3) is 16.9 Å². The van der Waals surface area contributed by atoms with Gasteiger partial charge in [-0.1, -0.05) is 48.5 Å². The lowest BCUT2D eigenvalue weighted by atomic mass is 10.1. The molecule has 0 aliphatic heterocycles. The van der Waals surface area contributed by atoms with E-state index >= 15 is 0 Å². The van der Waals surface area contributed by atoms with Gasteiger partial charge in [-0.3, -0.25) is 0 Å². The number of aliphatic hydroxyl groups is 1. The monoisotopic (exact) mass is 308 g/mol. The first-order chi connectivity index (χ1) is 11.3. The number of carbonyl (C=O) groups excluding carboxylic acids is 1. The summed E-state index contributed by atoms with van der Waals surface area (Å²) in [7, 11) is 0. The first-order valence-electron chi connectivity index (χ1n) is 7.28. The lowest BCUT2D eigenvalue weighted by Crippen LogP contribution is -2.14. The van der Waals surface area contributed by atoms with Gasteiger partial charge >= 0.3 is 5.97 Å². The molecular weight excluding hydrogens is 292 g/mol. The number of aliphatic hydroxyl groups excluding tert-OH is 1. The van der Waals surface area contributed by atoms with E-state index in [1.807, 2.05) is 60.7 Å².